The number of halogens is 2. The summed E-state index contributed by atoms with van der Waals surface area (Å²) in [6, 6.07) is 11.0. The van der Waals surface area contributed by atoms with Gasteiger partial charge in [0.2, 0.25) is 0 Å². The van der Waals surface area contributed by atoms with E-state index in [1.165, 1.54) is 7.11 Å². The SMILES string of the molecule is COc1cc(C(C)Nc2ccc(Br)cc2Cl)ccc1O. The number of rotatable bonds is 4. The molecule has 1 unspecified atom stereocenters. The second-order valence-corrected chi connectivity index (χ2v) is 5.74. The van der Waals surface area contributed by atoms with Gasteiger partial charge in [0.15, 0.2) is 11.5 Å². The molecule has 5 heteroatoms. The predicted molar refractivity (Wildman–Crippen MR) is 85.8 cm³/mol. The minimum absolute atomic E-state index is 0.0307. The third kappa shape index (κ3) is 3.38. The topological polar surface area (TPSA) is 41.5 Å². The molecule has 0 bridgehead atoms. The Hall–Kier alpha value is -1.39. The van der Waals surface area contributed by atoms with Crippen LogP contribution in [0.2, 0.25) is 5.02 Å². The summed E-state index contributed by atoms with van der Waals surface area (Å²) in [4.78, 5) is 0. The van der Waals surface area contributed by atoms with Crippen molar-refractivity contribution in [3.8, 4) is 11.5 Å². The van der Waals surface area contributed by atoms with E-state index >= 15 is 0 Å². The van der Waals surface area contributed by atoms with Gasteiger partial charge in [-0.15, -0.1) is 0 Å². The first-order chi connectivity index (χ1) is 9.51. The summed E-state index contributed by atoms with van der Waals surface area (Å²) in [5.74, 6) is 0.586. The van der Waals surface area contributed by atoms with Crippen molar-refractivity contribution in [1.82, 2.24) is 0 Å². The number of nitrogens with one attached hydrogen (secondary N) is 1. The van der Waals surface area contributed by atoms with Gasteiger partial charge in [-0.3, -0.25) is 0 Å². The fourth-order valence-corrected chi connectivity index (χ4v) is 2.61. The van der Waals surface area contributed by atoms with Crippen LogP contribution in [0.15, 0.2) is 40.9 Å². The van der Waals surface area contributed by atoms with Crippen LogP contribution in [-0.4, -0.2) is 12.2 Å². The molecule has 0 aromatic heterocycles. The average Bonchev–Trinajstić information content (AvgIpc) is 2.42. The predicted octanol–water partition coefficient (Wildman–Crippen LogP) is 4.99. The molecule has 0 saturated heterocycles. The van der Waals surface area contributed by atoms with Crippen molar-refractivity contribution in [3.63, 3.8) is 0 Å². The van der Waals surface area contributed by atoms with Crippen LogP contribution >= 0.6 is 27.5 Å². The zero-order valence-electron chi connectivity index (χ0n) is 11.2. The van der Waals surface area contributed by atoms with Crippen molar-refractivity contribution in [1.29, 1.82) is 0 Å². The van der Waals surface area contributed by atoms with Crippen LogP contribution in [0.4, 0.5) is 5.69 Å². The summed E-state index contributed by atoms with van der Waals surface area (Å²) in [5, 5.41) is 13.6. The number of benzene rings is 2. The first-order valence-electron chi connectivity index (χ1n) is 6.09. The highest BCUT2D eigenvalue weighted by Crippen LogP contribution is 2.32. The van der Waals surface area contributed by atoms with E-state index in [0.29, 0.717) is 10.8 Å². The van der Waals surface area contributed by atoms with Crippen molar-refractivity contribution in [3.05, 3.63) is 51.5 Å². The second kappa shape index (κ2) is 6.37. The van der Waals surface area contributed by atoms with E-state index in [4.69, 9.17) is 16.3 Å². The lowest BCUT2D eigenvalue weighted by Gasteiger charge is -2.18. The number of ether oxygens (including phenoxy) is 1. The Labute approximate surface area is 131 Å². The molecule has 20 heavy (non-hydrogen) atoms. The van der Waals surface area contributed by atoms with Crippen molar-refractivity contribution >= 4 is 33.2 Å². The van der Waals surface area contributed by atoms with Crippen LogP contribution in [0.1, 0.15) is 18.5 Å². The van der Waals surface area contributed by atoms with Gasteiger partial charge >= 0.3 is 0 Å². The summed E-state index contributed by atoms with van der Waals surface area (Å²) in [5.41, 5.74) is 1.85. The number of phenolic OH excluding ortho intramolecular Hbond substituents is 1. The molecule has 2 rings (SSSR count). The second-order valence-electron chi connectivity index (χ2n) is 4.42. The molecule has 2 N–H and O–H groups in total. The number of anilines is 1. The van der Waals surface area contributed by atoms with E-state index in [1.807, 2.05) is 31.2 Å². The van der Waals surface area contributed by atoms with E-state index in [0.717, 1.165) is 15.7 Å². The molecule has 0 heterocycles. The summed E-state index contributed by atoms with van der Waals surface area (Å²) >= 11 is 9.57. The maximum atomic E-state index is 9.61. The quantitative estimate of drug-likeness (QED) is 0.811. The molecule has 0 saturated carbocycles. The Morgan fingerprint density at radius 3 is 2.65 bits per heavy atom. The van der Waals surface area contributed by atoms with Gasteiger partial charge in [0, 0.05) is 10.5 Å². The Morgan fingerprint density at radius 1 is 1.25 bits per heavy atom. The lowest BCUT2D eigenvalue weighted by atomic mass is 10.1. The molecule has 3 nitrogen and oxygen atoms in total. The summed E-state index contributed by atoms with van der Waals surface area (Å²) in [6.45, 7) is 2.02. The van der Waals surface area contributed by atoms with Crippen molar-refractivity contribution in [2.75, 3.05) is 12.4 Å². The van der Waals surface area contributed by atoms with Gasteiger partial charge in [-0.25, -0.2) is 0 Å². The Kier molecular flexibility index (Phi) is 4.78. The Balaban J connectivity index is 2.21. The van der Waals surface area contributed by atoms with Gasteiger partial charge in [0.25, 0.3) is 0 Å². The van der Waals surface area contributed by atoms with Gasteiger partial charge in [0.1, 0.15) is 0 Å². The molecule has 1 atom stereocenters. The summed E-state index contributed by atoms with van der Waals surface area (Å²) in [6.07, 6.45) is 0. The molecular formula is C15H15BrClNO2. The number of hydrogen-bond donors (Lipinski definition) is 2. The monoisotopic (exact) mass is 355 g/mol. The summed E-state index contributed by atoms with van der Waals surface area (Å²) in [7, 11) is 1.53. The number of methoxy groups -OCH3 is 1. The molecule has 0 spiro atoms. The molecular weight excluding hydrogens is 342 g/mol. The number of hydrogen-bond acceptors (Lipinski definition) is 3. The van der Waals surface area contributed by atoms with E-state index in [-0.39, 0.29) is 11.8 Å². The molecule has 0 amide bonds. The molecule has 0 radical (unpaired) electrons. The summed E-state index contributed by atoms with van der Waals surface area (Å²) < 4.78 is 6.05. The maximum absolute atomic E-state index is 9.61. The van der Waals surface area contributed by atoms with Gasteiger partial charge in [-0.05, 0) is 42.8 Å². The molecule has 106 valence electrons. The highest BCUT2D eigenvalue weighted by molar-refractivity contribution is 9.10. The first-order valence-corrected chi connectivity index (χ1v) is 7.27. The van der Waals surface area contributed by atoms with Gasteiger partial charge in [-0.1, -0.05) is 33.6 Å². The van der Waals surface area contributed by atoms with E-state index in [1.54, 1.807) is 12.1 Å². The van der Waals surface area contributed by atoms with Gasteiger partial charge in [-0.2, -0.15) is 0 Å². The van der Waals surface area contributed by atoms with Gasteiger partial charge < -0.3 is 15.2 Å². The van der Waals surface area contributed by atoms with Crippen LogP contribution in [-0.2, 0) is 0 Å². The number of aromatic hydroxyl groups is 1. The van der Waals surface area contributed by atoms with Crippen LogP contribution in [0.3, 0.4) is 0 Å². The Bertz CT molecular complexity index is 619. The lowest BCUT2D eigenvalue weighted by Crippen LogP contribution is -2.07. The van der Waals surface area contributed by atoms with Crippen LogP contribution in [0.5, 0.6) is 11.5 Å². The average molecular weight is 357 g/mol. The standard InChI is InChI=1S/C15H15BrClNO2/c1-9(10-3-6-14(19)15(7-10)20-2)18-13-5-4-11(16)8-12(13)17/h3-9,18-19H,1-2H3. The van der Waals surface area contributed by atoms with Crippen LogP contribution in [0, 0.1) is 0 Å². The molecule has 0 aliphatic carbocycles. The zero-order chi connectivity index (χ0) is 14.7. The molecule has 0 aliphatic rings. The smallest absolute Gasteiger partial charge is 0.160 e. The molecule has 2 aromatic rings. The normalized spacial score (nSPS) is 12.0. The highest BCUT2D eigenvalue weighted by Gasteiger charge is 2.11. The third-order valence-corrected chi connectivity index (χ3v) is 3.81. The molecule has 0 aliphatic heterocycles. The van der Waals surface area contributed by atoms with Crippen molar-refractivity contribution in [2.45, 2.75) is 13.0 Å². The highest BCUT2D eigenvalue weighted by atomic mass is 79.9. The first kappa shape index (κ1) is 15.0. The number of phenols is 1. The van der Waals surface area contributed by atoms with E-state index in [9.17, 15) is 5.11 Å². The van der Waals surface area contributed by atoms with Crippen molar-refractivity contribution < 1.29 is 9.84 Å². The third-order valence-electron chi connectivity index (χ3n) is 3.01. The minimum atomic E-state index is 0.0307. The van der Waals surface area contributed by atoms with Crippen LogP contribution in [0.25, 0.3) is 0 Å². The lowest BCUT2D eigenvalue weighted by molar-refractivity contribution is 0.373. The molecule has 0 fully saturated rings. The Morgan fingerprint density at radius 2 is 2.00 bits per heavy atom. The largest absolute Gasteiger partial charge is 0.504 e. The van der Waals surface area contributed by atoms with E-state index in [2.05, 4.69) is 21.2 Å². The molecule has 2 aromatic carbocycles. The van der Waals surface area contributed by atoms with Crippen LogP contribution < -0.4 is 10.1 Å². The van der Waals surface area contributed by atoms with Gasteiger partial charge in [0.05, 0.1) is 17.8 Å². The van der Waals surface area contributed by atoms with E-state index < -0.39 is 0 Å². The zero-order valence-corrected chi connectivity index (χ0v) is 13.5. The fraction of sp³-hybridized carbons (Fsp3) is 0.200. The fourth-order valence-electron chi connectivity index (χ4n) is 1.89. The van der Waals surface area contributed by atoms with Crippen molar-refractivity contribution in [2.24, 2.45) is 0 Å². The minimum Gasteiger partial charge on any atom is -0.504 e. The maximum Gasteiger partial charge on any atom is 0.160 e.